The number of halogens is 1. The minimum atomic E-state index is 0.207. The molecule has 1 aromatic rings. The molecule has 0 saturated carbocycles. The van der Waals surface area contributed by atoms with Crippen LogP contribution in [0.3, 0.4) is 0 Å². The van der Waals surface area contributed by atoms with Crippen LogP contribution >= 0.6 is 15.9 Å². The molecule has 1 unspecified atom stereocenters. The van der Waals surface area contributed by atoms with Gasteiger partial charge >= 0.3 is 0 Å². The molecule has 0 bridgehead atoms. The van der Waals surface area contributed by atoms with Crippen molar-refractivity contribution in [2.45, 2.75) is 13.8 Å². The summed E-state index contributed by atoms with van der Waals surface area (Å²) in [6.45, 7) is 5.28. The molecule has 18 heavy (non-hydrogen) atoms. The van der Waals surface area contributed by atoms with Gasteiger partial charge in [0.25, 0.3) is 0 Å². The van der Waals surface area contributed by atoms with Crippen LogP contribution in [0.15, 0.2) is 22.7 Å². The average Bonchev–Trinajstić information content (AvgIpc) is 2.35. The molecule has 0 spiro atoms. The summed E-state index contributed by atoms with van der Waals surface area (Å²) in [4.78, 5) is 2.13. The highest BCUT2D eigenvalue weighted by atomic mass is 79.9. The van der Waals surface area contributed by atoms with E-state index in [2.05, 4.69) is 34.7 Å². The van der Waals surface area contributed by atoms with Crippen LogP contribution in [0.4, 0.5) is 5.69 Å². The first-order valence-corrected chi connectivity index (χ1v) is 6.94. The number of aliphatic hydroxyl groups excluding tert-OH is 1. The summed E-state index contributed by atoms with van der Waals surface area (Å²) < 4.78 is 6.40. The van der Waals surface area contributed by atoms with Gasteiger partial charge in [0.1, 0.15) is 5.75 Å². The number of ether oxygens (including phenoxy) is 1. The van der Waals surface area contributed by atoms with Crippen LogP contribution < -0.4 is 9.64 Å². The minimum Gasteiger partial charge on any atom is -0.495 e. The van der Waals surface area contributed by atoms with Gasteiger partial charge in [0.2, 0.25) is 0 Å². The fourth-order valence-electron chi connectivity index (χ4n) is 1.89. The zero-order valence-electron chi connectivity index (χ0n) is 11.5. The molecule has 0 aliphatic carbocycles. The van der Waals surface area contributed by atoms with E-state index in [0.29, 0.717) is 5.92 Å². The van der Waals surface area contributed by atoms with E-state index < -0.39 is 0 Å². The number of hydrogen-bond acceptors (Lipinski definition) is 3. The normalized spacial score (nSPS) is 12.6. The lowest BCUT2D eigenvalue weighted by Gasteiger charge is -2.28. The van der Waals surface area contributed by atoms with Crippen LogP contribution in [-0.2, 0) is 0 Å². The second-order valence-corrected chi connectivity index (χ2v) is 5.80. The molecule has 1 atom stereocenters. The number of benzene rings is 1. The molecule has 0 saturated heterocycles. The maximum Gasteiger partial charge on any atom is 0.142 e. The number of hydrogen-bond donors (Lipinski definition) is 1. The Labute approximate surface area is 118 Å². The number of methoxy groups -OCH3 is 1. The zero-order valence-corrected chi connectivity index (χ0v) is 13.1. The third kappa shape index (κ3) is 3.89. The minimum absolute atomic E-state index is 0.207. The zero-order chi connectivity index (χ0) is 13.7. The van der Waals surface area contributed by atoms with E-state index >= 15 is 0 Å². The van der Waals surface area contributed by atoms with Crippen molar-refractivity contribution in [1.82, 2.24) is 0 Å². The molecule has 4 heteroatoms. The van der Waals surface area contributed by atoms with Gasteiger partial charge in [0, 0.05) is 30.6 Å². The van der Waals surface area contributed by atoms with Crippen LogP contribution in [0.5, 0.6) is 5.75 Å². The van der Waals surface area contributed by atoms with Gasteiger partial charge in [-0.25, -0.2) is 0 Å². The largest absolute Gasteiger partial charge is 0.495 e. The second kappa shape index (κ2) is 7.00. The average molecular weight is 316 g/mol. The Kier molecular flexibility index (Phi) is 5.96. The number of nitrogens with zero attached hydrogens (tertiary/aromatic N) is 1. The Morgan fingerprint density at radius 1 is 1.39 bits per heavy atom. The third-order valence-electron chi connectivity index (χ3n) is 3.24. The summed E-state index contributed by atoms with van der Waals surface area (Å²) in [6.07, 6.45) is 0. The van der Waals surface area contributed by atoms with Crippen molar-refractivity contribution >= 4 is 21.6 Å². The predicted octanol–water partition coefficient (Wildman–Crippen LogP) is 3.16. The Hall–Kier alpha value is -0.740. The van der Waals surface area contributed by atoms with Gasteiger partial charge in [-0.05, 0) is 24.1 Å². The lowest BCUT2D eigenvalue weighted by molar-refractivity contribution is 0.193. The summed E-state index contributed by atoms with van der Waals surface area (Å²) >= 11 is 3.47. The van der Waals surface area contributed by atoms with Crippen molar-refractivity contribution in [3.63, 3.8) is 0 Å². The van der Waals surface area contributed by atoms with Gasteiger partial charge in [-0.1, -0.05) is 29.8 Å². The fraction of sp³-hybridized carbons (Fsp3) is 0.571. The Morgan fingerprint density at radius 2 is 2.06 bits per heavy atom. The molecule has 0 heterocycles. The first-order valence-electron chi connectivity index (χ1n) is 6.15. The van der Waals surface area contributed by atoms with E-state index in [4.69, 9.17) is 4.74 Å². The quantitative estimate of drug-likeness (QED) is 0.875. The highest BCUT2D eigenvalue weighted by Crippen LogP contribution is 2.31. The second-order valence-electron chi connectivity index (χ2n) is 4.88. The Bertz CT molecular complexity index is 382. The smallest absolute Gasteiger partial charge is 0.142 e. The van der Waals surface area contributed by atoms with Crippen LogP contribution in [-0.4, -0.2) is 32.4 Å². The fourth-order valence-corrected chi connectivity index (χ4v) is 2.24. The number of rotatable bonds is 6. The maximum absolute atomic E-state index is 9.41. The van der Waals surface area contributed by atoms with Crippen LogP contribution in [0, 0.1) is 11.8 Å². The standard InChI is InChI=1S/C14H22BrNO2/c1-10(2)11(9-17)8-16(3)13-7-12(15)5-6-14(13)18-4/h5-7,10-11,17H,8-9H2,1-4H3. The van der Waals surface area contributed by atoms with Gasteiger partial charge < -0.3 is 14.7 Å². The van der Waals surface area contributed by atoms with Crippen molar-refractivity contribution in [2.75, 3.05) is 32.2 Å². The van der Waals surface area contributed by atoms with E-state index in [-0.39, 0.29) is 12.5 Å². The van der Waals surface area contributed by atoms with Crippen molar-refractivity contribution in [3.8, 4) is 5.75 Å². The summed E-state index contributed by atoms with van der Waals surface area (Å²) in [5.74, 6) is 1.57. The molecule has 0 radical (unpaired) electrons. The molecule has 0 aromatic heterocycles. The topological polar surface area (TPSA) is 32.7 Å². The van der Waals surface area contributed by atoms with E-state index in [1.807, 2.05) is 25.2 Å². The third-order valence-corrected chi connectivity index (χ3v) is 3.73. The molecule has 1 rings (SSSR count). The SMILES string of the molecule is COc1ccc(Br)cc1N(C)CC(CO)C(C)C. The molecule has 0 fully saturated rings. The molecular weight excluding hydrogens is 294 g/mol. The Morgan fingerprint density at radius 3 is 2.56 bits per heavy atom. The van der Waals surface area contributed by atoms with Gasteiger partial charge in [-0.2, -0.15) is 0 Å². The van der Waals surface area contributed by atoms with Crippen molar-refractivity contribution < 1.29 is 9.84 Å². The predicted molar refractivity (Wildman–Crippen MR) is 79.4 cm³/mol. The van der Waals surface area contributed by atoms with Crippen molar-refractivity contribution in [3.05, 3.63) is 22.7 Å². The monoisotopic (exact) mass is 315 g/mol. The van der Waals surface area contributed by atoms with Gasteiger partial charge in [-0.3, -0.25) is 0 Å². The van der Waals surface area contributed by atoms with Gasteiger partial charge in [0.15, 0.2) is 0 Å². The first kappa shape index (κ1) is 15.3. The summed E-state index contributed by atoms with van der Waals surface area (Å²) in [6, 6.07) is 5.94. The van der Waals surface area contributed by atoms with E-state index in [0.717, 1.165) is 22.5 Å². The van der Waals surface area contributed by atoms with E-state index in [1.54, 1.807) is 7.11 Å². The number of anilines is 1. The molecule has 1 N–H and O–H groups in total. The van der Waals surface area contributed by atoms with Crippen molar-refractivity contribution in [2.24, 2.45) is 11.8 Å². The van der Waals surface area contributed by atoms with Gasteiger partial charge in [-0.15, -0.1) is 0 Å². The highest BCUT2D eigenvalue weighted by molar-refractivity contribution is 9.10. The summed E-state index contributed by atoms with van der Waals surface area (Å²) in [5.41, 5.74) is 1.03. The first-order chi connectivity index (χ1) is 8.49. The lowest BCUT2D eigenvalue weighted by Crippen LogP contribution is -2.30. The molecule has 0 amide bonds. The molecule has 0 aliphatic rings. The lowest BCUT2D eigenvalue weighted by atomic mass is 9.96. The Balaban J connectivity index is 2.88. The molecule has 1 aromatic carbocycles. The summed E-state index contributed by atoms with van der Waals surface area (Å²) in [5, 5.41) is 9.41. The molecule has 102 valence electrons. The molecular formula is C14H22BrNO2. The maximum atomic E-state index is 9.41. The van der Waals surface area contributed by atoms with Crippen LogP contribution in [0.25, 0.3) is 0 Å². The highest BCUT2D eigenvalue weighted by Gasteiger charge is 2.17. The van der Waals surface area contributed by atoms with E-state index in [9.17, 15) is 5.11 Å². The molecule has 0 aliphatic heterocycles. The van der Waals surface area contributed by atoms with Crippen LogP contribution in [0.2, 0.25) is 0 Å². The van der Waals surface area contributed by atoms with Crippen molar-refractivity contribution in [1.29, 1.82) is 0 Å². The summed E-state index contributed by atoms with van der Waals surface area (Å²) in [7, 11) is 3.70. The van der Waals surface area contributed by atoms with E-state index in [1.165, 1.54) is 0 Å². The molecule has 3 nitrogen and oxygen atoms in total. The van der Waals surface area contributed by atoms with Crippen LogP contribution in [0.1, 0.15) is 13.8 Å². The van der Waals surface area contributed by atoms with Gasteiger partial charge in [0.05, 0.1) is 12.8 Å². The number of aliphatic hydroxyl groups is 1.